The van der Waals surface area contributed by atoms with Crippen LogP contribution < -0.4 is 4.74 Å². The summed E-state index contributed by atoms with van der Waals surface area (Å²) in [7, 11) is 0. The van der Waals surface area contributed by atoms with Crippen LogP contribution in [0.3, 0.4) is 0 Å². The lowest BCUT2D eigenvalue weighted by molar-refractivity contribution is -0.139. The minimum atomic E-state index is -0.968. The minimum absolute atomic E-state index is 0.323. The number of oxime groups is 1. The van der Waals surface area contributed by atoms with Crippen LogP contribution in [-0.4, -0.2) is 35.0 Å². The quantitative estimate of drug-likeness (QED) is 0.299. The number of hydrogen-bond acceptors (Lipinski definition) is 5. The number of benzene rings is 2. The molecular weight excluding hydrogens is 404 g/mol. The molecule has 0 fully saturated rings. The summed E-state index contributed by atoms with van der Waals surface area (Å²) >= 11 is 0. The van der Waals surface area contributed by atoms with Gasteiger partial charge in [0.05, 0.1) is 0 Å². The third-order valence-electron chi connectivity index (χ3n) is 5.65. The molecule has 32 heavy (non-hydrogen) atoms. The standard InChI is InChI=1S/C26H26N2O4/c29-25(30)18-31-24-11-5-9-22-19(8-4-10-23(22)24)14-17-32-28-26(20-6-2-1-3-7-20)21-12-15-27-16-13-21/h1-3,5-7,9,11-13,15-16,19H,4,8,10,14,17-18H2,(H,29,30). The van der Waals surface area contributed by atoms with Crippen LogP contribution in [0.4, 0.5) is 0 Å². The Morgan fingerprint density at radius 3 is 2.59 bits per heavy atom. The van der Waals surface area contributed by atoms with E-state index in [0.717, 1.165) is 48.1 Å². The van der Waals surface area contributed by atoms with Crippen molar-refractivity contribution in [3.8, 4) is 5.75 Å². The number of aliphatic carboxylic acids is 1. The molecule has 2 aromatic carbocycles. The molecule has 0 spiro atoms. The topological polar surface area (TPSA) is 81.0 Å². The molecule has 4 rings (SSSR count). The van der Waals surface area contributed by atoms with E-state index >= 15 is 0 Å². The van der Waals surface area contributed by atoms with Gasteiger partial charge in [-0.3, -0.25) is 4.98 Å². The highest BCUT2D eigenvalue weighted by atomic mass is 16.6. The Morgan fingerprint density at radius 1 is 1.03 bits per heavy atom. The third-order valence-corrected chi connectivity index (χ3v) is 5.65. The predicted octanol–water partition coefficient (Wildman–Crippen LogP) is 4.82. The van der Waals surface area contributed by atoms with Crippen LogP contribution in [0.1, 0.15) is 47.4 Å². The van der Waals surface area contributed by atoms with Crippen LogP contribution in [0.25, 0.3) is 0 Å². The van der Waals surface area contributed by atoms with E-state index in [4.69, 9.17) is 14.7 Å². The van der Waals surface area contributed by atoms with Crippen molar-refractivity contribution in [3.63, 3.8) is 0 Å². The van der Waals surface area contributed by atoms with Gasteiger partial charge in [0.1, 0.15) is 18.1 Å². The van der Waals surface area contributed by atoms with Crippen LogP contribution in [0, 0.1) is 0 Å². The first-order valence-corrected chi connectivity index (χ1v) is 10.8. The molecule has 1 aliphatic carbocycles. The largest absolute Gasteiger partial charge is 0.482 e. The van der Waals surface area contributed by atoms with Gasteiger partial charge in [-0.1, -0.05) is 47.6 Å². The molecule has 0 aliphatic heterocycles. The number of carboxylic acids is 1. The van der Waals surface area contributed by atoms with Gasteiger partial charge in [0.2, 0.25) is 0 Å². The van der Waals surface area contributed by atoms with E-state index in [-0.39, 0.29) is 6.61 Å². The Labute approximate surface area is 187 Å². The first-order chi connectivity index (χ1) is 15.7. The fourth-order valence-electron chi connectivity index (χ4n) is 4.17. The Bertz CT molecular complexity index is 1030. The lowest BCUT2D eigenvalue weighted by atomic mass is 9.81. The van der Waals surface area contributed by atoms with Crippen molar-refractivity contribution in [2.45, 2.75) is 31.6 Å². The molecule has 1 N–H and O–H groups in total. The van der Waals surface area contributed by atoms with E-state index in [2.05, 4.69) is 16.2 Å². The van der Waals surface area contributed by atoms with E-state index in [1.807, 2.05) is 54.6 Å². The number of fused-ring (bicyclic) bond motifs is 1. The maximum absolute atomic E-state index is 10.9. The average molecular weight is 431 g/mol. The predicted molar refractivity (Wildman–Crippen MR) is 122 cm³/mol. The molecular formula is C26H26N2O4. The normalized spacial score (nSPS) is 15.6. The Hall–Kier alpha value is -3.67. The lowest BCUT2D eigenvalue weighted by Crippen LogP contribution is -2.15. The molecule has 6 nitrogen and oxygen atoms in total. The number of ether oxygens (including phenoxy) is 1. The van der Waals surface area contributed by atoms with Crippen molar-refractivity contribution in [2.24, 2.45) is 5.16 Å². The molecule has 6 heteroatoms. The van der Waals surface area contributed by atoms with Crippen molar-refractivity contribution in [2.75, 3.05) is 13.2 Å². The Morgan fingerprint density at radius 2 is 1.81 bits per heavy atom. The van der Waals surface area contributed by atoms with E-state index in [1.165, 1.54) is 5.56 Å². The summed E-state index contributed by atoms with van der Waals surface area (Å²) in [6.45, 7) is 0.169. The molecule has 1 aliphatic rings. The smallest absolute Gasteiger partial charge is 0.341 e. The number of aromatic nitrogens is 1. The van der Waals surface area contributed by atoms with E-state index in [9.17, 15) is 4.79 Å². The lowest BCUT2D eigenvalue weighted by Gasteiger charge is -2.26. The highest BCUT2D eigenvalue weighted by Gasteiger charge is 2.23. The second-order valence-corrected chi connectivity index (χ2v) is 7.76. The van der Waals surface area contributed by atoms with Crippen molar-refractivity contribution >= 4 is 11.7 Å². The van der Waals surface area contributed by atoms with E-state index in [0.29, 0.717) is 18.3 Å². The second-order valence-electron chi connectivity index (χ2n) is 7.76. The van der Waals surface area contributed by atoms with Crippen LogP contribution in [0.15, 0.2) is 78.2 Å². The molecule has 0 radical (unpaired) electrons. The van der Waals surface area contributed by atoms with Gasteiger partial charge in [-0.15, -0.1) is 0 Å². The summed E-state index contributed by atoms with van der Waals surface area (Å²) in [5.74, 6) is 0.0469. The molecule has 0 saturated heterocycles. The van der Waals surface area contributed by atoms with Gasteiger partial charge in [-0.25, -0.2) is 4.79 Å². The second kappa shape index (κ2) is 10.6. The van der Waals surface area contributed by atoms with Gasteiger partial charge in [-0.2, -0.15) is 0 Å². The number of rotatable bonds is 9. The maximum atomic E-state index is 10.9. The van der Waals surface area contributed by atoms with Crippen molar-refractivity contribution in [1.82, 2.24) is 4.98 Å². The van der Waals surface area contributed by atoms with Gasteiger partial charge in [0, 0.05) is 23.5 Å². The van der Waals surface area contributed by atoms with Crippen LogP contribution in [0.5, 0.6) is 5.75 Å². The summed E-state index contributed by atoms with van der Waals surface area (Å²) in [4.78, 5) is 20.8. The zero-order valence-electron chi connectivity index (χ0n) is 17.8. The van der Waals surface area contributed by atoms with E-state index < -0.39 is 5.97 Å². The summed E-state index contributed by atoms with van der Waals surface area (Å²) in [5.41, 5.74) is 5.07. The summed E-state index contributed by atoms with van der Waals surface area (Å²) < 4.78 is 5.51. The molecule has 1 atom stereocenters. The van der Waals surface area contributed by atoms with Crippen LogP contribution in [-0.2, 0) is 16.1 Å². The minimum Gasteiger partial charge on any atom is -0.482 e. The van der Waals surface area contributed by atoms with E-state index in [1.54, 1.807) is 12.4 Å². The third kappa shape index (κ3) is 5.32. The summed E-state index contributed by atoms with van der Waals surface area (Å²) in [6, 6.07) is 19.7. The number of hydrogen-bond donors (Lipinski definition) is 1. The number of carbonyl (C=O) groups is 1. The number of pyridine rings is 1. The molecule has 0 bridgehead atoms. The molecule has 0 amide bonds. The molecule has 1 aromatic heterocycles. The maximum Gasteiger partial charge on any atom is 0.341 e. The van der Waals surface area contributed by atoms with Gasteiger partial charge < -0.3 is 14.7 Å². The number of nitrogens with zero attached hydrogens (tertiary/aromatic N) is 2. The number of carboxylic acid groups (broad SMARTS) is 1. The summed E-state index contributed by atoms with van der Waals surface area (Å²) in [6.07, 6.45) is 7.34. The first-order valence-electron chi connectivity index (χ1n) is 10.8. The zero-order valence-corrected chi connectivity index (χ0v) is 17.8. The monoisotopic (exact) mass is 430 g/mol. The van der Waals surface area contributed by atoms with Crippen molar-refractivity contribution < 1.29 is 19.5 Å². The highest BCUT2D eigenvalue weighted by Crippen LogP contribution is 2.38. The fraction of sp³-hybridized carbons (Fsp3) is 0.269. The van der Waals surface area contributed by atoms with Crippen molar-refractivity contribution in [1.29, 1.82) is 0 Å². The van der Waals surface area contributed by atoms with Crippen LogP contribution >= 0.6 is 0 Å². The van der Waals surface area contributed by atoms with Gasteiger partial charge in [-0.05, 0) is 60.9 Å². The fourth-order valence-corrected chi connectivity index (χ4v) is 4.17. The summed E-state index contributed by atoms with van der Waals surface area (Å²) in [5, 5.41) is 13.4. The van der Waals surface area contributed by atoms with Gasteiger partial charge in [0.15, 0.2) is 6.61 Å². The molecule has 1 unspecified atom stereocenters. The van der Waals surface area contributed by atoms with Crippen LogP contribution in [0.2, 0.25) is 0 Å². The SMILES string of the molecule is O=C(O)COc1cccc2c1CCCC2CCON=C(c1ccccc1)c1ccncc1. The highest BCUT2D eigenvalue weighted by molar-refractivity contribution is 6.12. The molecule has 1 heterocycles. The molecule has 164 valence electrons. The average Bonchev–Trinajstić information content (AvgIpc) is 2.84. The van der Waals surface area contributed by atoms with Gasteiger partial charge >= 0.3 is 5.97 Å². The Kier molecular flexibility index (Phi) is 7.12. The zero-order chi connectivity index (χ0) is 22.2. The van der Waals surface area contributed by atoms with Gasteiger partial charge in [0.25, 0.3) is 0 Å². The first kappa shape index (κ1) is 21.6. The molecule has 3 aromatic rings. The Balaban J connectivity index is 1.45. The molecule has 0 saturated carbocycles. The van der Waals surface area contributed by atoms with Crippen molar-refractivity contribution in [3.05, 3.63) is 95.3 Å².